The maximum absolute atomic E-state index is 11.8. The van der Waals surface area contributed by atoms with Gasteiger partial charge in [-0.05, 0) is 12.5 Å². The Morgan fingerprint density at radius 2 is 2.42 bits per heavy atom. The van der Waals surface area contributed by atoms with Gasteiger partial charge in [-0.1, -0.05) is 6.92 Å². The van der Waals surface area contributed by atoms with E-state index in [0.717, 1.165) is 0 Å². The van der Waals surface area contributed by atoms with Crippen LogP contribution in [0.1, 0.15) is 26.0 Å². The predicted molar refractivity (Wildman–Crippen MR) is 68.8 cm³/mol. The lowest BCUT2D eigenvalue weighted by Gasteiger charge is -2.14. The number of nitrogens with two attached hydrogens (primary N) is 2. The lowest BCUT2D eigenvalue weighted by Crippen LogP contribution is -2.27. The average molecular weight is 267 g/mol. The molecule has 0 spiro atoms. The molecule has 1 aliphatic heterocycles. The standard InChI is InChI=1S/C11H17N5O3/c1-2-7-6(17)5-9(19-7)16-4-3-8(14-10(12)13)15-11(16)18/h3-4,6-7,9,17H,2,5H2,1H3,(H4,12,13,14,15,18)/t6-,7?,9-/m1/s1. The molecule has 2 rings (SSSR count). The molecule has 0 aromatic carbocycles. The van der Waals surface area contributed by atoms with Gasteiger partial charge in [0.2, 0.25) is 0 Å². The molecule has 1 aromatic heterocycles. The van der Waals surface area contributed by atoms with Crippen LogP contribution in [0, 0.1) is 0 Å². The summed E-state index contributed by atoms with van der Waals surface area (Å²) in [4.78, 5) is 19.3. The molecule has 1 saturated heterocycles. The molecule has 1 fully saturated rings. The van der Waals surface area contributed by atoms with Gasteiger partial charge in [-0.25, -0.2) is 4.79 Å². The zero-order chi connectivity index (χ0) is 14.0. The van der Waals surface area contributed by atoms with Crippen LogP contribution in [0.5, 0.6) is 0 Å². The first kappa shape index (κ1) is 13.5. The largest absolute Gasteiger partial charge is 0.390 e. The van der Waals surface area contributed by atoms with E-state index in [9.17, 15) is 9.90 Å². The first-order valence-corrected chi connectivity index (χ1v) is 6.03. The molecule has 104 valence electrons. The lowest BCUT2D eigenvalue weighted by atomic mass is 10.1. The molecule has 8 heteroatoms. The summed E-state index contributed by atoms with van der Waals surface area (Å²) in [5, 5.41) is 9.77. The maximum Gasteiger partial charge on any atom is 0.351 e. The maximum atomic E-state index is 11.8. The van der Waals surface area contributed by atoms with Crippen molar-refractivity contribution in [2.45, 2.75) is 38.2 Å². The molecule has 1 aromatic rings. The van der Waals surface area contributed by atoms with Crippen LogP contribution in [0.4, 0.5) is 5.82 Å². The second-order valence-corrected chi connectivity index (χ2v) is 4.35. The number of hydrogen-bond acceptors (Lipinski definition) is 5. The third-order valence-corrected chi connectivity index (χ3v) is 2.98. The second-order valence-electron chi connectivity index (χ2n) is 4.35. The number of nitrogens with zero attached hydrogens (tertiary/aromatic N) is 3. The van der Waals surface area contributed by atoms with Crippen molar-refractivity contribution < 1.29 is 9.84 Å². The number of aliphatic hydroxyl groups is 1. The van der Waals surface area contributed by atoms with Gasteiger partial charge in [-0.2, -0.15) is 9.98 Å². The summed E-state index contributed by atoms with van der Waals surface area (Å²) >= 11 is 0. The highest BCUT2D eigenvalue weighted by molar-refractivity contribution is 5.78. The molecule has 2 heterocycles. The highest BCUT2D eigenvalue weighted by Gasteiger charge is 2.34. The third kappa shape index (κ3) is 2.91. The molecule has 0 bridgehead atoms. The molecule has 8 nitrogen and oxygen atoms in total. The Bertz CT molecular complexity index is 537. The number of aromatic nitrogens is 2. The van der Waals surface area contributed by atoms with Crippen molar-refractivity contribution in [1.29, 1.82) is 0 Å². The lowest BCUT2D eigenvalue weighted by molar-refractivity contribution is -0.0216. The first-order chi connectivity index (χ1) is 9.01. The summed E-state index contributed by atoms with van der Waals surface area (Å²) in [5.41, 5.74) is 9.90. The minimum Gasteiger partial charge on any atom is -0.390 e. The van der Waals surface area contributed by atoms with Crippen LogP contribution >= 0.6 is 0 Å². The highest BCUT2D eigenvalue weighted by Crippen LogP contribution is 2.29. The smallest absolute Gasteiger partial charge is 0.351 e. The number of guanidine groups is 1. The Hall–Kier alpha value is -1.93. The van der Waals surface area contributed by atoms with Gasteiger partial charge in [0.1, 0.15) is 6.23 Å². The van der Waals surface area contributed by atoms with E-state index in [0.29, 0.717) is 12.8 Å². The SMILES string of the molecule is CCC1O[C@@H](n2ccc(N=C(N)N)nc2=O)C[C@H]1O. The fourth-order valence-electron chi connectivity index (χ4n) is 2.07. The van der Waals surface area contributed by atoms with Gasteiger partial charge in [-0.15, -0.1) is 0 Å². The fraction of sp³-hybridized carbons (Fsp3) is 0.545. The first-order valence-electron chi connectivity index (χ1n) is 6.03. The van der Waals surface area contributed by atoms with Crippen LogP contribution in [0.15, 0.2) is 22.1 Å². The van der Waals surface area contributed by atoms with Gasteiger partial charge in [-0.3, -0.25) is 4.57 Å². The monoisotopic (exact) mass is 267 g/mol. The van der Waals surface area contributed by atoms with Gasteiger partial charge >= 0.3 is 5.69 Å². The molecule has 0 saturated carbocycles. The Kier molecular flexibility index (Phi) is 3.82. The Morgan fingerprint density at radius 1 is 1.68 bits per heavy atom. The summed E-state index contributed by atoms with van der Waals surface area (Å²) in [7, 11) is 0. The van der Waals surface area contributed by atoms with E-state index >= 15 is 0 Å². The average Bonchev–Trinajstić information content (AvgIpc) is 2.69. The Balaban J connectivity index is 2.23. The number of aliphatic hydroxyl groups excluding tert-OH is 1. The van der Waals surface area contributed by atoms with Crippen LogP contribution in [0.2, 0.25) is 0 Å². The van der Waals surface area contributed by atoms with E-state index in [4.69, 9.17) is 16.2 Å². The summed E-state index contributed by atoms with van der Waals surface area (Å²) < 4.78 is 6.92. The van der Waals surface area contributed by atoms with Gasteiger partial charge in [0.05, 0.1) is 12.2 Å². The minimum absolute atomic E-state index is 0.145. The number of aliphatic imine (C=N–C) groups is 1. The van der Waals surface area contributed by atoms with Crippen LogP contribution in [0.3, 0.4) is 0 Å². The van der Waals surface area contributed by atoms with Crippen LogP contribution in [-0.4, -0.2) is 32.8 Å². The van der Waals surface area contributed by atoms with Crippen LogP contribution < -0.4 is 17.2 Å². The summed E-state index contributed by atoms with van der Waals surface area (Å²) in [5.74, 6) is -0.0185. The zero-order valence-corrected chi connectivity index (χ0v) is 10.6. The summed E-state index contributed by atoms with van der Waals surface area (Å²) in [6.45, 7) is 1.92. The van der Waals surface area contributed by atoms with E-state index in [1.54, 1.807) is 0 Å². The van der Waals surface area contributed by atoms with Gasteiger partial charge < -0.3 is 21.3 Å². The van der Waals surface area contributed by atoms with Gasteiger partial charge in [0, 0.05) is 12.6 Å². The molecule has 1 aliphatic rings. The van der Waals surface area contributed by atoms with E-state index in [2.05, 4.69) is 9.98 Å². The van der Waals surface area contributed by atoms with Crippen molar-refractivity contribution in [3.8, 4) is 0 Å². The molecule has 19 heavy (non-hydrogen) atoms. The van der Waals surface area contributed by atoms with Crippen molar-refractivity contribution >= 4 is 11.8 Å². The van der Waals surface area contributed by atoms with Gasteiger partial charge in [0.25, 0.3) is 0 Å². The molecule has 3 atom stereocenters. The Labute approximate surface area is 109 Å². The molecule has 0 radical (unpaired) electrons. The molecule has 1 unspecified atom stereocenters. The highest BCUT2D eigenvalue weighted by atomic mass is 16.5. The number of ether oxygens (including phenoxy) is 1. The van der Waals surface area contributed by atoms with Crippen molar-refractivity contribution in [1.82, 2.24) is 9.55 Å². The zero-order valence-electron chi connectivity index (χ0n) is 10.6. The Morgan fingerprint density at radius 3 is 2.95 bits per heavy atom. The number of rotatable bonds is 3. The third-order valence-electron chi connectivity index (χ3n) is 2.98. The van der Waals surface area contributed by atoms with Crippen LogP contribution in [-0.2, 0) is 4.74 Å². The van der Waals surface area contributed by atoms with E-state index in [1.807, 2.05) is 6.92 Å². The summed E-state index contributed by atoms with van der Waals surface area (Å²) in [6.07, 6.45) is 1.22. The minimum atomic E-state index is -0.570. The number of hydrogen-bond donors (Lipinski definition) is 3. The topological polar surface area (TPSA) is 129 Å². The molecule has 0 aliphatic carbocycles. The van der Waals surface area contributed by atoms with Gasteiger partial charge in [0.15, 0.2) is 11.8 Å². The summed E-state index contributed by atoms with van der Waals surface area (Å²) in [6, 6.07) is 1.51. The van der Waals surface area contributed by atoms with Crippen molar-refractivity contribution in [2.75, 3.05) is 0 Å². The predicted octanol–water partition coefficient (Wildman–Crippen LogP) is -0.793. The fourth-order valence-corrected chi connectivity index (χ4v) is 2.07. The molecular formula is C11H17N5O3. The van der Waals surface area contributed by atoms with Crippen molar-refractivity contribution in [2.24, 2.45) is 16.5 Å². The molecular weight excluding hydrogens is 250 g/mol. The second kappa shape index (κ2) is 5.37. The van der Waals surface area contributed by atoms with Crippen molar-refractivity contribution in [3.63, 3.8) is 0 Å². The van der Waals surface area contributed by atoms with Crippen molar-refractivity contribution in [3.05, 3.63) is 22.7 Å². The quantitative estimate of drug-likeness (QED) is 0.486. The van der Waals surface area contributed by atoms with E-state index < -0.39 is 18.0 Å². The molecule has 5 N–H and O–H groups in total. The molecule has 0 amide bonds. The van der Waals surface area contributed by atoms with Crippen LogP contribution in [0.25, 0.3) is 0 Å². The normalized spacial score (nSPS) is 26.3. The van der Waals surface area contributed by atoms with E-state index in [1.165, 1.54) is 16.8 Å². The van der Waals surface area contributed by atoms with E-state index in [-0.39, 0.29) is 17.9 Å².